The highest BCUT2D eigenvalue weighted by atomic mass is 16.6. The Hall–Kier alpha value is -0.770. The molecule has 0 aromatic rings. The van der Waals surface area contributed by atoms with Crippen molar-refractivity contribution >= 4 is 6.09 Å². The van der Waals surface area contributed by atoms with Crippen LogP contribution in [0.2, 0.25) is 0 Å². The molecular weight excluding hydrogens is 216 g/mol. The second-order valence-electron chi connectivity index (χ2n) is 5.52. The van der Waals surface area contributed by atoms with Gasteiger partial charge in [-0.05, 0) is 47.6 Å². The van der Waals surface area contributed by atoms with E-state index in [0.717, 1.165) is 19.5 Å². The fourth-order valence-corrected chi connectivity index (χ4v) is 1.38. The van der Waals surface area contributed by atoms with Gasteiger partial charge in [0, 0.05) is 19.1 Å². The highest BCUT2D eigenvalue weighted by molar-refractivity contribution is 5.68. The van der Waals surface area contributed by atoms with Gasteiger partial charge in [0.2, 0.25) is 0 Å². The van der Waals surface area contributed by atoms with Gasteiger partial charge in [0.25, 0.3) is 0 Å². The van der Waals surface area contributed by atoms with E-state index in [2.05, 4.69) is 12.2 Å². The van der Waals surface area contributed by atoms with Crippen molar-refractivity contribution in [1.82, 2.24) is 10.2 Å². The average molecular weight is 244 g/mol. The normalized spacial score (nSPS) is 11.7. The van der Waals surface area contributed by atoms with Crippen molar-refractivity contribution in [2.24, 2.45) is 0 Å². The number of hydrogen-bond acceptors (Lipinski definition) is 3. The Balaban J connectivity index is 4.18. The first-order chi connectivity index (χ1) is 7.78. The van der Waals surface area contributed by atoms with E-state index in [-0.39, 0.29) is 12.1 Å². The van der Waals surface area contributed by atoms with E-state index in [1.807, 2.05) is 34.6 Å². The minimum Gasteiger partial charge on any atom is -0.444 e. The Labute approximate surface area is 106 Å². The van der Waals surface area contributed by atoms with Crippen molar-refractivity contribution in [1.29, 1.82) is 0 Å². The number of nitrogens with zero attached hydrogens (tertiary/aromatic N) is 1. The SMILES string of the molecule is CCCNCCN(C(=O)OC(C)(C)C)C(C)C. The molecule has 1 N–H and O–H groups in total. The van der Waals surface area contributed by atoms with Gasteiger partial charge in [-0.25, -0.2) is 4.79 Å². The van der Waals surface area contributed by atoms with Crippen molar-refractivity contribution in [2.75, 3.05) is 19.6 Å². The lowest BCUT2D eigenvalue weighted by molar-refractivity contribution is 0.0194. The Kier molecular flexibility index (Phi) is 7.19. The van der Waals surface area contributed by atoms with Crippen LogP contribution in [-0.4, -0.2) is 42.3 Å². The standard InChI is InChI=1S/C13H28N2O2/c1-7-8-14-9-10-15(11(2)3)12(16)17-13(4,5)6/h11,14H,7-10H2,1-6H3. The molecule has 0 rings (SSSR count). The maximum atomic E-state index is 11.9. The lowest BCUT2D eigenvalue weighted by Gasteiger charge is -2.30. The van der Waals surface area contributed by atoms with Crippen LogP contribution in [0.15, 0.2) is 0 Å². The Morgan fingerprint density at radius 3 is 2.29 bits per heavy atom. The van der Waals surface area contributed by atoms with Crippen LogP contribution in [0.3, 0.4) is 0 Å². The van der Waals surface area contributed by atoms with Crippen LogP contribution in [-0.2, 0) is 4.74 Å². The number of rotatable bonds is 6. The maximum Gasteiger partial charge on any atom is 0.410 e. The first-order valence-corrected chi connectivity index (χ1v) is 6.48. The summed E-state index contributed by atoms with van der Waals surface area (Å²) in [4.78, 5) is 13.7. The summed E-state index contributed by atoms with van der Waals surface area (Å²) in [5.74, 6) is 0. The monoisotopic (exact) mass is 244 g/mol. The van der Waals surface area contributed by atoms with Gasteiger partial charge in [-0.2, -0.15) is 0 Å². The highest BCUT2D eigenvalue weighted by Gasteiger charge is 2.23. The second kappa shape index (κ2) is 7.54. The van der Waals surface area contributed by atoms with Gasteiger partial charge in [-0.1, -0.05) is 6.92 Å². The molecule has 0 saturated heterocycles. The van der Waals surface area contributed by atoms with E-state index in [4.69, 9.17) is 4.74 Å². The third kappa shape index (κ3) is 8.02. The van der Waals surface area contributed by atoms with Gasteiger partial charge in [-0.3, -0.25) is 0 Å². The average Bonchev–Trinajstić information content (AvgIpc) is 2.14. The zero-order valence-corrected chi connectivity index (χ0v) is 12.2. The van der Waals surface area contributed by atoms with Crippen molar-refractivity contribution in [3.8, 4) is 0 Å². The summed E-state index contributed by atoms with van der Waals surface area (Å²) in [5.41, 5.74) is -0.429. The summed E-state index contributed by atoms with van der Waals surface area (Å²) in [5, 5.41) is 3.29. The molecule has 0 aliphatic rings. The van der Waals surface area contributed by atoms with E-state index in [9.17, 15) is 4.79 Å². The molecule has 1 amide bonds. The molecule has 4 nitrogen and oxygen atoms in total. The number of carbonyl (C=O) groups is 1. The molecular formula is C13H28N2O2. The van der Waals surface area contributed by atoms with Gasteiger partial charge in [0.05, 0.1) is 0 Å². The molecule has 4 heteroatoms. The van der Waals surface area contributed by atoms with Gasteiger partial charge >= 0.3 is 6.09 Å². The lowest BCUT2D eigenvalue weighted by Crippen LogP contribution is -2.44. The summed E-state index contributed by atoms with van der Waals surface area (Å²) in [6.45, 7) is 14.3. The summed E-state index contributed by atoms with van der Waals surface area (Å²) in [6, 6.07) is 0.160. The summed E-state index contributed by atoms with van der Waals surface area (Å²) in [6.07, 6.45) is 0.875. The van der Waals surface area contributed by atoms with Crippen molar-refractivity contribution in [3.63, 3.8) is 0 Å². The molecule has 0 unspecified atom stereocenters. The topological polar surface area (TPSA) is 41.6 Å². The van der Waals surface area contributed by atoms with E-state index >= 15 is 0 Å². The predicted molar refractivity (Wildman–Crippen MR) is 71.2 cm³/mol. The number of carbonyl (C=O) groups excluding carboxylic acids is 1. The van der Waals surface area contributed by atoms with Crippen LogP contribution >= 0.6 is 0 Å². The molecule has 0 spiro atoms. The molecule has 0 radical (unpaired) electrons. The smallest absolute Gasteiger partial charge is 0.410 e. The molecule has 0 aromatic carbocycles. The number of ether oxygens (including phenoxy) is 1. The molecule has 0 saturated carbocycles. The fraction of sp³-hybridized carbons (Fsp3) is 0.923. The molecule has 0 aliphatic carbocycles. The predicted octanol–water partition coefficient (Wildman–Crippen LogP) is 2.63. The fourth-order valence-electron chi connectivity index (χ4n) is 1.38. The third-order valence-corrected chi connectivity index (χ3v) is 2.21. The van der Waals surface area contributed by atoms with Crippen LogP contribution < -0.4 is 5.32 Å². The zero-order chi connectivity index (χ0) is 13.5. The maximum absolute atomic E-state index is 11.9. The summed E-state index contributed by atoms with van der Waals surface area (Å²) < 4.78 is 5.38. The molecule has 0 aliphatic heterocycles. The number of hydrogen-bond donors (Lipinski definition) is 1. The summed E-state index contributed by atoms with van der Waals surface area (Å²) in [7, 11) is 0. The number of amides is 1. The van der Waals surface area contributed by atoms with Crippen molar-refractivity contribution in [2.45, 2.75) is 59.6 Å². The first kappa shape index (κ1) is 16.2. The van der Waals surface area contributed by atoms with Crippen LogP contribution in [0.5, 0.6) is 0 Å². The largest absolute Gasteiger partial charge is 0.444 e. The van der Waals surface area contributed by atoms with E-state index in [1.54, 1.807) is 4.90 Å². The quantitative estimate of drug-likeness (QED) is 0.730. The molecule has 0 aromatic heterocycles. The second-order valence-corrected chi connectivity index (χ2v) is 5.52. The summed E-state index contributed by atoms with van der Waals surface area (Å²) >= 11 is 0. The van der Waals surface area contributed by atoms with Crippen LogP contribution in [0, 0.1) is 0 Å². The third-order valence-electron chi connectivity index (χ3n) is 2.21. The van der Waals surface area contributed by atoms with E-state index in [0.29, 0.717) is 6.54 Å². The molecule has 0 heterocycles. The van der Waals surface area contributed by atoms with Crippen LogP contribution in [0.25, 0.3) is 0 Å². The van der Waals surface area contributed by atoms with E-state index in [1.165, 1.54) is 0 Å². The Bertz CT molecular complexity index is 222. The van der Waals surface area contributed by atoms with Crippen LogP contribution in [0.4, 0.5) is 4.79 Å². The van der Waals surface area contributed by atoms with Crippen molar-refractivity contribution in [3.05, 3.63) is 0 Å². The highest BCUT2D eigenvalue weighted by Crippen LogP contribution is 2.11. The lowest BCUT2D eigenvalue weighted by atomic mass is 10.2. The van der Waals surface area contributed by atoms with Gasteiger partial charge in [0.1, 0.15) is 5.60 Å². The van der Waals surface area contributed by atoms with Gasteiger partial charge in [0.15, 0.2) is 0 Å². The zero-order valence-electron chi connectivity index (χ0n) is 12.2. The van der Waals surface area contributed by atoms with Crippen molar-refractivity contribution < 1.29 is 9.53 Å². The Morgan fingerprint density at radius 1 is 1.29 bits per heavy atom. The van der Waals surface area contributed by atoms with Gasteiger partial charge < -0.3 is 15.0 Å². The molecule has 0 fully saturated rings. The molecule has 102 valence electrons. The van der Waals surface area contributed by atoms with Crippen LogP contribution in [0.1, 0.15) is 48.0 Å². The van der Waals surface area contributed by atoms with E-state index < -0.39 is 5.60 Å². The molecule has 0 bridgehead atoms. The van der Waals surface area contributed by atoms with Gasteiger partial charge in [-0.15, -0.1) is 0 Å². The Morgan fingerprint density at radius 2 is 1.88 bits per heavy atom. The molecule has 17 heavy (non-hydrogen) atoms. The number of nitrogens with one attached hydrogen (secondary N) is 1. The minimum absolute atomic E-state index is 0.160. The minimum atomic E-state index is -0.429. The molecule has 0 atom stereocenters. The first-order valence-electron chi connectivity index (χ1n) is 6.48.